The molecule has 4 N–H and O–H groups in total. The van der Waals surface area contributed by atoms with Crippen molar-refractivity contribution in [3.8, 4) is 39.2 Å². The number of aryl methyl sites for hydroxylation is 1. The van der Waals surface area contributed by atoms with Gasteiger partial charge in [0.25, 0.3) is 5.91 Å². The highest BCUT2D eigenvalue weighted by Gasteiger charge is 2.56. The number of nitrogens with zero attached hydrogens (tertiary/aromatic N) is 4. The molecule has 2 aromatic heterocycles. The number of fused-ring (bicyclic) bond motifs is 2. The summed E-state index contributed by atoms with van der Waals surface area (Å²) in [6, 6.07) is 25.3. The number of anilines is 2. The van der Waals surface area contributed by atoms with Crippen molar-refractivity contribution in [1.29, 1.82) is 0 Å². The molecule has 7 aromatic rings. The highest BCUT2D eigenvalue weighted by Crippen LogP contribution is 2.48. The molecule has 5 amide bonds. The van der Waals surface area contributed by atoms with Crippen LogP contribution in [0.2, 0.25) is 0 Å². The molecule has 1 saturated carbocycles. The van der Waals surface area contributed by atoms with Crippen LogP contribution < -0.4 is 34.9 Å². The highest BCUT2D eigenvalue weighted by atomic mass is 32.1. The van der Waals surface area contributed by atoms with Crippen LogP contribution in [0.5, 0.6) is 28.7 Å². The van der Waals surface area contributed by atoms with Crippen molar-refractivity contribution in [2.45, 2.75) is 71.3 Å². The summed E-state index contributed by atoms with van der Waals surface area (Å²) < 4.78 is 64.4. The Bertz CT molecular complexity index is 3580. The van der Waals surface area contributed by atoms with E-state index in [1.807, 2.05) is 51.1 Å². The van der Waals surface area contributed by atoms with Gasteiger partial charge in [-0.1, -0.05) is 44.2 Å². The van der Waals surface area contributed by atoms with E-state index in [1.165, 1.54) is 65.9 Å². The largest absolute Gasteiger partial charge is 0.493 e. The van der Waals surface area contributed by atoms with E-state index in [1.54, 1.807) is 40.7 Å². The number of methoxy groups -OCH3 is 1. The number of hydrogen-bond donors (Lipinski definition) is 4. The third-order valence-electron chi connectivity index (χ3n) is 14.9. The number of aliphatic hydroxyl groups excluding tert-OH is 1. The minimum absolute atomic E-state index is 0.0303. The first-order chi connectivity index (χ1) is 40.6. The van der Waals surface area contributed by atoms with Crippen molar-refractivity contribution < 1.29 is 66.3 Å². The Morgan fingerprint density at radius 3 is 2.17 bits per heavy atom. The molecule has 84 heavy (non-hydrogen) atoms. The van der Waals surface area contributed by atoms with Gasteiger partial charge in [0.15, 0.2) is 23.1 Å². The number of amides is 5. The zero-order valence-corrected chi connectivity index (χ0v) is 47.5. The number of aliphatic hydroxyl groups is 1. The summed E-state index contributed by atoms with van der Waals surface area (Å²) in [6.07, 6.45) is 1.26. The predicted molar refractivity (Wildman–Crippen MR) is 308 cm³/mol. The normalized spacial score (nSPS) is 16.3. The summed E-state index contributed by atoms with van der Waals surface area (Å²) in [5.74, 6) is -2.23. The van der Waals surface area contributed by atoms with Gasteiger partial charge in [0.2, 0.25) is 23.6 Å². The molecule has 5 aromatic carbocycles. The lowest BCUT2D eigenvalue weighted by Crippen LogP contribution is -2.55. The molecule has 2 fully saturated rings. The number of rotatable bonds is 25. The first-order valence-electron chi connectivity index (χ1n) is 27.5. The Labute approximate surface area is 487 Å². The lowest BCUT2D eigenvalue weighted by Gasteiger charge is -2.35. The average Bonchev–Trinajstić information content (AvgIpc) is 2.43. The molecule has 1 saturated heterocycles. The number of aromatic nitrogens is 2. The van der Waals surface area contributed by atoms with Gasteiger partial charge in [-0.3, -0.25) is 29.0 Å². The maximum Gasteiger partial charge on any atom is 0.255 e. The molecule has 3 aliphatic rings. The molecule has 438 valence electrons. The monoisotopic (exact) mass is 1170 g/mol. The van der Waals surface area contributed by atoms with E-state index >= 15 is 4.39 Å². The van der Waals surface area contributed by atoms with Crippen LogP contribution in [0, 0.1) is 29.9 Å². The number of nitrogens with one attached hydrogen (secondary N) is 3. The van der Waals surface area contributed by atoms with Crippen molar-refractivity contribution >= 4 is 63.2 Å². The lowest BCUT2D eigenvalue weighted by atomic mass is 10.0. The molecule has 2 aliphatic heterocycles. The molecule has 0 spiro atoms. The van der Waals surface area contributed by atoms with Crippen LogP contribution in [0.25, 0.3) is 21.3 Å². The summed E-state index contributed by atoms with van der Waals surface area (Å²) in [7, 11) is 1.48. The van der Waals surface area contributed by atoms with Crippen LogP contribution in [0.4, 0.5) is 20.2 Å². The van der Waals surface area contributed by atoms with Crippen LogP contribution >= 0.6 is 11.3 Å². The zero-order valence-electron chi connectivity index (χ0n) is 46.7. The van der Waals surface area contributed by atoms with Crippen LogP contribution in [0.15, 0.2) is 115 Å². The van der Waals surface area contributed by atoms with Crippen LogP contribution in [0.1, 0.15) is 60.3 Å². The predicted octanol–water partition coefficient (Wildman–Crippen LogP) is 8.85. The van der Waals surface area contributed by atoms with Gasteiger partial charge in [0.1, 0.15) is 48.0 Å². The second-order valence-electron chi connectivity index (χ2n) is 21.0. The molecule has 0 unspecified atom stereocenters. The lowest BCUT2D eigenvalue weighted by molar-refractivity contribution is -0.143. The molecule has 3 atom stereocenters. The third-order valence-corrected chi connectivity index (χ3v) is 15.9. The fourth-order valence-corrected chi connectivity index (χ4v) is 11.1. The van der Waals surface area contributed by atoms with Crippen molar-refractivity contribution in [2.75, 3.05) is 63.9 Å². The van der Waals surface area contributed by atoms with E-state index in [-0.39, 0.29) is 101 Å². The fraction of sp³-hybridized carbons (Fsp3) is 0.339. The highest BCUT2D eigenvalue weighted by molar-refractivity contribution is 7.13. The van der Waals surface area contributed by atoms with E-state index in [9.17, 15) is 33.5 Å². The van der Waals surface area contributed by atoms with Crippen molar-refractivity contribution in [2.24, 2.45) is 11.3 Å². The van der Waals surface area contributed by atoms with E-state index in [0.717, 1.165) is 27.8 Å². The van der Waals surface area contributed by atoms with Gasteiger partial charge < -0.3 is 59.3 Å². The number of thiazole rings is 1. The van der Waals surface area contributed by atoms with Gasteiger partial charge >= 0.3 is 0 Å². The number of halogens is 2. The Morgan fingerprint density at radius 1 is 0.786 bits per heavy atom. The number of likely N-dealkylation sites (tertiary alicyclic amines) is 1. The van der Waals surface area contributed by atoms with Gasteiger partial charge in [-0.2, -0.15) is 0 Å². The molecule has 0 radical (unpaired) electrons. The molecular weight excluding hydrogens is 1100 g/mol. The zero-order chi connectivity index (χ0) is 59.1. The maximum absolute atomic E-state index is 15.5. The Balaban J connectivity index is 0.679. The smallest absolute Gasteiger partial charge is 0.255 e. The topological polar surface area (TPSA) is 229 Å². The molecule has 22 heteroatoms. The van der Waals surface area contributed by atoms with Crippen LogP contribution in [-0.4, -0.2) is 126 Å². The molecule has 19 nitrogen and oxygen atoms in total. The fourth-order valence-electron chi connectivity index (χ4n) is 10.3. The summed E-state index contributed by atoms with van der Waals surface area (Å²) >= 11 is 1.50. The van der Waals surface area contributed by atoms with Crippen LogP contribution in [0.3, 0.4) is 0 Å². The van der Waals surface area contributed by atoms with Crippen molar-refractivity contribution in [3.63, 3.8) is 0 Å². The van der Waals surface area contributed by atoms with Gasteiger partial charge in [0, 0.05) is 72.3 Å². The number of carbonyl (C=O) groups excluding carboxylic acids is 5. The quantitative estimate of drug-likeness (QED) is 0.0310. The standard InChI is InChI=1S/C62H63F2N7O12S/c1-36(2)55(71-33-40-7-5-6-8-45(40)58(71)74)59(75)70-34-44(72)29-49(70)57(73)66-32-39-10-9-38(56-37(3)67-35-84-56)27-52(39)81-25-23-79-21-22-80-24-26-82-54-31-48-46(30-53(54)78-4)50(17-20-65-48)83-51-16-15-43(28-47(51)64)69-61(77)62(18-19-62)60(76)68-42-13-11-41(63)12-14-42/h5-17,20,27-28,30-31,35-36,44,49,55,72H,18-19,21-26,29,32-34H2,1-4H3,(H,66,73)(H,68,76)(H,69,77)/t44-,49+,55+/m1/s1. The number of benzene rings is 5. The second kappa shape index (κ2) is 25.9. The number of β-amino-alcohol motifs (C(OH)–C–C–N with tert-alkyl or cyclic N) is 1. The summed E-state index contributed by atoms with van der Waals surface area (Å²) in [4.78, 5) is 80.8. The first-order valence-corrected chi connectivity index (χ1v) is 28.4. The van der Waals surface area contributed by atoms with Gasteiger partial charge in [0.05, 0.1) is 61.2 Å². The number of ether oxygens (including phenoxy) is 6. The second-order valence-corrected chi connectivity index (χ2v) is 21.8. The molecule has 0 bridgehead atoms. The summed E-state index contributed by atoms with van der Waals surface area (Å²) in [5, 5.41) is 19.6. The van der Waals surface area contributed by atoms with E-state index in [4.69, 9.17) is 28.4 Å². The Hall–Kier alpha value is -8.57. The molecule has 4 heterocycles. The number of hydrogen-bond acceptors (Lipinski definition) is 15. The van der Waals surface area contributed by atoms with E-state index in [2.05, 4.69) is 25.9 Å². The van der Waals surface area contributed by atoms with Crippen molar-refractivity contribution in [1.82, 2.24) is 25.1 Å². The molecular formula is C62H63F2N7O12S. The van der Waals surface area contributed by atoms with Gasteiger partial charge in [-0.05, 0) is 97.5 Å². The molecule has 1 aliphatic carbocycles. The Morgan fingerprint density at radius 2 is 1.49 bits per heavy atom. The van der Waals surface area contributed by atoms with E-state index < -0.39 is 53.0 Å². The van der Waals surface area contributed by atoms with E-state index in [0.29, 0.717) is 57.8 Å². The average molecular weight is 1170 g/mol. The number of pyridine rings is 1. The summed E-state index contributed by atoms with van der Waals surface area (Å²) in [6.45, 7) is 7.29. The van der Waals surface area contributed by atoms with Crippen molar-refractivity contribution in [3.05, 3.63) is 149 Å². The Kier molecular flexibility index (Phi) is 18.1. The van der Waals surface area contributed by atoms with Crippen LogP contribution in [-0.2, 0) is 41.7 Å². The SMILES string of the molecule is COc1cc2c(Oc3ccc(NC(=O)C4(C(=O)Nc5ccc(F)cc5)CC4)cc3F)ccnc2cc1OCCOCCOCCOc1cc(-c2scnc2C)ccc1CNC(=O)[C@@H]1C[C@@H](O)CN1C(=O)[C@H](C(C)C)N1Cc2ccccc2C1=O. The third kappa shape index (κ3) is 13.1. The number of carbonyl (C=O) groups is 5. The van der Waals surface area contributed by atoms with Gasteiger partial charge in [-0.25, -0.2) is 13.8 Å². The minimum Gasteiger partial charge on any atom is -0.493 e. The molecule has 10 rings (SSSR count). The summed E-state index contributed by atoms with van der Waals surface area (Å²) in [5.41, 5.74) is 5.23. The maximum atomic E-state index is 15.5. The minimum atomic E-state index is -1.33. The first kappa shape index (κ1) is 58.6. The van der Waals surface area contributed by atoms with Gasteiger partial charge in [-0.15, -0.1) is 11.3 Å².